The molecule has 2 amide bonds. The molecule has 0 radical (unpaired) electrons. The first-order chi connectivity index (χ1) is 16.9. The predicted octanol–water partition coefficient (Wildman–Crippen LogP) is 5.28. The minimum Gasteiger partial charge on any atom is -0.484 e. The molecule has 3 rings (SSSR count). The Morgan fingerprint density at radius 3 is 1.31 bits per heavy atom. The van der Waals surface area contributed by atoms with Gasteiger partial charge in [0.15, 0.2) is 13.2 Å². The van der Waals surface area contributed by atoms with Gasteiger partial charge in [-0.2, -0.15) is 0 Å². The summed E-state index contributed by atoms with van der Waals surface area (Å²) in [5.74, 6) is 0.964. The van der Waals surface area contributed by atoms with Crippen LogP contribution in [-0.4, -0.2) is 37.1 Å². The third-order valence-corrected chi connectivity index (χ3v) is 6.64. The minimum absolute atomic E-state index is 0.0559. The number of nitrogens with one attached hydrogen (secondary N) is 2. The van der Waals surface area contributed by atoms with Crippen molar-refractivity contribution in [2.24, 2.45) is 0 Å². The zero-order valence-corrected chi connectivity index (χ0v) is 22.6. The maximum Gasteiger partial charge on any atom is 0.258 e. The number of hydrogen-bond acceptors (Lipinski definition) is 4. The Kier molecular flexibility index (Phi) is 9.04. The summed E-state index contributed by atoms with van der Waals surface area (Å²) in [4.78, 5) is 25.2. The molecule has 0 bridgehead atoms. The fourth-order valence-electron chi connectivity index (χ4n) is 4.37. The van der Waals surface area contributed by atoms with Crippen LogP contribution in [0.15, 0.2) is 48.5 Å². The Bertz CT molecular complexity index is 918. The van der Waals surface area contributed by atoms with Crippen LogP contribution in [-0.2, 0) is 20.4 Å². The second kappa shape index (κ2) is 11.8. The lowest BCUT2D eigenvalue weighted by Crippen LogP contribution is -2.54. The molecule has 2 unspecified atom stereocenters. The van der Waals surface area contributed by atoms with Gasteiger partial charge in [-0.1, -0.05) is 78.6 Å². The summed E-state index contributed by atoms with van der Waals surface area (Å²) in [7, 11) is 0. The van der Waals surface area contributed by atoms with Crippen LogP contribution in [0.1, 0.15) is 78.4 Å². The van der Waals surface area contributed by atoms with E-state index in [2.05, 4.69) is 52.2 Å². The van der Waals surface area contributed by atoms with Gasteiger partial charge >= 0.3 is 0 Å². The Labute approximate surface area is 216 Å². The van der Waals surface area contributed by atoms with Crippen LogP contribution in [0.25, 0.3) is 0 Å². The average Bonchev–Trinajstić information content (AvgIpc) is 2.82. The van der Waals surface area contributed by atoms with Gasteiger partial charge in [-0.3, -0.25) is 9.59 Å². The van der Waals surface area contributed by atoms with Crippen LogP contribution < -0.4 is 20.1 Å². The molecule has 0 saturated heterocycles. The van der Waals surface area contributed by atoms with Crippen molar-refractivity contribution in [2.45, 2.75) is 90.1 Å². The molecule has 0 heterocycles. The Morgan fingerprint density at radius 2 is 1.00 bits per heavy atom. The summed E-state index contributed by atoms with van der Waals surface area (Å²) in [6.07, 6.45) is 3.68. The molecular weight excluding hydrogens is 452 g/mol. The third-order valence-electron chi connectivity index (χ3n) is 6.64. The summed E-state index contributed by atoms with van der Waals surface area (Å²) in [6, 6.07) is 15.5. The van der Waals surface area contributed by atoms with Crippen LogP contribution in [0.2, 0.25) is 0 Å². The second-order valence-corrected chi connectivity index (χ2v) is 11.8. The fraction of sp³-hybridized carbons (Fsp3) is 0.533. The molecule has 0 spiro atoms. The number of benzene rings is 2. The van der Waals surface area contributed by atoms with E-state index in [-0.39, 0.29) is 47.9 Å². The van der Waals surface area contributed by atoms with Crippen molar-refractivity contribution in [1.82, 2.24) is 10.6 Å². The van der Waals surface area contributed by atoms with Crippen LogP contribution in [0, 0.1) is 0 Å². The molecule has 1 aliphatic carbocycles. The predicted molar refractivity (Wildman–Crippen MR) is 144 cm³/mol. The number of ether oxygens (including phenoxy) is 2. The van der Waals surface area contributed by atoms with E-state index < -0.39 is 0 Å². The summed E-state index contributed by atoms with van der Waals surface area (Å²) in [5.41, 5.74) is 2.56. The van der Waals surface area contributed by atoms with E-state index in [0.29, 0.717) is 11.5 Å². The van der Waals surface area contributed by atoms with E-state index in [0.717, 1.165) is 25.7 Å². The zero-order valence-electron chi connectivity index (χ0n) is 22.6. The van der Waals surface area contributed by atoms with Crippen molar-refractivity contribution in [3.63, 3.8) is 0 Å². The smallest absolute Gasteiger partial charge is 0.258 e. The third kappa shape index (κ3) is 8.28. The van der Waals surface area contributed by atoms with E-state index in [1.54, 1.807) is 0 Å². The lowest BCUT2D eigenvalue weighted by Gasteiger charge is -2.32. The molecule has 6 heteroatoms. The number of hydrogen-bond donors (Lipinski definition) is 2. The van der Waals surface area contributed by atoms with Gasteiger partial charge < -0.3 is 20.1 Å². The molecule has 6 nitrogen and oxygen atoms in total. The average molecular weight is 495 g/mol. The molecule has 0 aliphatic heterocycles. The van der Waals surface area contributed by atoms with Gasteiger partial charge in [0.1, 0.15) is 11.5 Å². The summed E-state index contributed by atoms with van der Waals surface area (Å²) < 4.78 is 11.4. The lowest BCUT2D eigenvalue weighted by molar-refractivity contribution is -0.127. The SMILES string of the molecule is CC(C)(C)c1ccc(OCC(=O)NC2CCCCC2NC(=O)COc2ccc(C(C)(C)C)cc2)cc1. The molecule has 196 valence electrons. The normalized spacial score (nSPS) is 18.3. The topological polar surface area (TPSA) is 76.7 Å². The van der Waals surface area contributed by atoms with Crippen molar-refractivity contribution in [3.05, 3.63) is 59.7 Å². The maximum atomic E-state index is 12.6. The maximum absolute atomic E-state index is 12.6. The monoisotopic (exact) mass is 494 g/mol. The molecule has 1 fully saturated rings. The Balaban J connectivity index is 1.45. The van der Waals surface area contributed by atoms with E-state index in [4.69, 9.17) is 9.47 Å². The van der Waals surface area contributed by atoms with Crippen molar-refractivity contribution in [2.75, 3.05) is 13.2 Å². The standard InChI is InChI=1S/C30H42N2O4/c1-29(2,3)21-11-15-23(16-12-21)35-19-27(33)31-25-9-7-8-10-26(25)32-28(34)20-36-24-17-13-22(14-18-24)30(4,5)6/h11-18,25-26H,7-10,19-20H2,1-6H3,(H,31,33)(H,32,34). The van der Waals surface area contributed by atoms with Crippen molar-refractivity contribution >= 4 is 11.8 Å². The van der Waals surface area contributed by atoms with Crippen molar-refractivity contribution in [3.8, 4) is 11.5 Å². The van der Waals surface area contributed by atoms with Gasteiger partial charge in [-0.25, -0.2) is 0 Å². The van der Waals surface area contributed by atoms with Crippen LogP contribution in [0.5, 0.6) is 11.5 Å². The molecule has 2 aromatic carbocycles. The van der Waals surface area contributed by atoms with Crippen LogP contribution >= 0.6 is 0 Å². The van der Waals surface area contributed by atoms with Gasteiger partial charge in [0.2, 0.25) is 0 Å². The first-order valence-corrected chi connectivity index (χ1v) is 13.0. The van der Waals surface area contributed by atoms with E-state index in [1.165, 1.54) is 11.1 Å². The molecule has 0 aromatic heterocycles. The molecule has 2 atom stereocenters. The van der Waals surface area contributed by atoms with Crippen molar-refractivity contribution in [1.29, 1.82) is 0 Å². The van der Waals surface area contributed by atoms with Crippen LogP contribution in [0.3, 0.4) is 0 Å². The highest BCUT2D eigenvalue weighted by Gasteiger charge is 2.28. The highest BCUT2D eigenvalue weighted by atomic mass is 16.5. The summed E-state index contributed by atoms with van der Waals surface area (Å²) in [5, 5.41) is 6.11. The Morgan fingerprint density at radius 1 is 0.667 bits per heavy atom. The number of amides is 2. The van der Waals surface area contributed by atoms with Gasteiger partial charge in [0, 0.05) is 12.1 Å². The van der Waals surface area contributed by atoms with Crippen molar-refractivity contribution < 1.29 is 19.1 Å². The molecular formula is C30H42N2O4. The largest absolute Gasteiger partial charge is 0.484 e. The number of rotatable bonds is 8. The van der Waals surface area contributed by atoms with Gasteiger partial charge in [-0.15, -0.1) is 0 Å². The number of carbonyl (C=O) groups excluding carboxylic acids is 2. The molecule has 36 heavy (non-hydrogen) atoms. The highest BCUT2D eigenvalue weighted by molar-refractivity contribution is 5.79. The molecule has 2 N–H and O–H groups in total. The molecule has 1 aliphatic rings. The summed E-state index contributed by atoms with van der Waals surface area (Å²) in [6.45, 7) is 12.8. The van der Waals surface area contributed by atoms with E-state index in [1.807, 2.05) is 48.5 Å². The first kappa shape index (κ1) is 27.6. The fourth-order valence-corrected chi connectivity index (χ4v) is 4.37. The van der Waals surface area contributed by atoms with E-state index in [9.17, 15) is 9.59 Å². The number of carbonyl (C=O) groups is 2. The first-order valence-electron chi connectivity index (χ1n) is 13.0. The van der Waals surface area contributed by atoms with Gasteiger partial charge in [0.05, 0.1) is 0 Å². The highest BCUT2D eigenvalue weighted by Crippen LogP contribution is 2.25. The summed E-state index contributed by atoms with van der Waals surface area (Å²) >= 11 is 0. The molecule has 2 aromatic rings. The molecule has 1 saturated carbocycles. The second-order valence-electron chi connectivity index (χ2n) is 11.8. The lowest BCUT2D eigenvalue weighted by atomic mass is 9.87. The minimum atomic E-state index is -0.184. The van der Waals surface area contributed by atoms with Gasteiger partial charge in [0.25, 0.3) is 11.8 Å². The van der Waals surface area contributed by atoms with E-state index >= 15 is 0 Å². The zero-order chi connectivity index (χ0) is 26.3. The van der Waals surface area contributed by atoms with Gasteiger partial charge in [-0.05, 0) is 59.1 Å². The van der Waals surface area contributed by atoms with Crippen LogP contribution in [0.4, 0.5) is 0 Å². The quantitative estimate of drug-likeness (QED) is 0.523. The Hall–Kier alpha value is -3.02.